The molecule has 2 saturated carbocycles. The number of carbonyl (C=O) groups is 1. The lowest BCUT2D eigenvalue weighted by Gasteiger charge is -2.51. The standard InChI is InChI=1S/C18H24O/c1-18-9-2-3-17(18)16-6-4-12-11-13(19)5-7-14(12)15(16)8-10-18/h4-5,7,14-17H,2-3,6,8-11H2,1H3/t14-,15+,16+,17-,18-/m0/s1. The van der Waals surface area contributed by atoms with Crippen molar-refractivity contribution in [1.29, 1.82) is 0 Å². The SMILES string of the molecule is C[C@@]12CCC[C@H]1[C@@H]1CC=C3CC(=O)C=C[C@@H]3[C@H]1CC2. The fourth-order valence-electron chi connectivity index (χ4n) is 5.72. The van der Waals surface area contributed by atoms with E-state index in [1.165, 1.54) is 44.1 Å². The number of carbonyl (C=O) groups excluding carboxylic acids is 1. The van der Waals surface area contributed by atoms with Gasteiger partial charge < -0.3 is 0 Å². The monoisotopic (exact) mass is 256 g/mol. The number of allylic oxidation sites excluding steroid dienone is 4. The molecular formula is C18H24O. The van der Waals surface area contributed by atoms with Gasteiger partial charge in [0.2, 0.25) is 0 Å². The zero-order valence-electron chi connectivity index (χ0n) is 11.9. The van der Waals surface area contributed by atoms with E-state index in [0.717, 1.165) is 17.8 Å². The van der Waals surface area contributed by atoms with Crippen LogP contribution in [0.4, 0.5) is 0 Å². The molecule has 0 radical (unpaired) electrons. The van der Waals surface area contributed by atoms with Gasteiger partial charge in [-0.25, -0.2) is 0 Å². The van der Waals surface area contributed by atoms with Gasteiger partial charge >= 0.3 is 0 Å². The highest BCUT2D eigenvalue weighted by atomic mass is 16.1. The molecule has 2 fully saturated rings. The first-order valence-electron chi connectivity index (χ1n) is 8.07. The molecule has 102 valence electrons. The molecule has 4 aliphatic rings. The second-order valence-electron chi connectivity index (χ2n) is 7.56. The molecule has 0 spiro atoms. The molecule has 0 bridgehead atoms. The summed E-state index contributed by atoms with van der Waals surface area (Å²) in [6.07, 6.45) is 15.6. The Morgan fingerprint density at radius 1 is 1.21 bits per heavy atom. The lowest BCUT2D eigenvalue weighted by molar-refractivity contribution is -0.114. The van der Waals surface area contributed by atoms with E-state index >= 15 is 0 Å². The second kappa shape index (κ2) is 4.07. The Kier molecular flexibility index (Phi) is 2.56. The molecule has 0 aromatic rings. The minimum atomic E-state index is 0.308. The Labute approximate surface area is 116 Å². The lowest BCUT2D eigenvalue weighted by atomic mass is 9.54. The van der Waals surface area contributed by atoms with E-state index in [-0.39, 0.29) is 0 Å². The van der Waals surface area contributed by atoms with Gasteiger partial charge in [-0.05, 0) is 61.3 Å². The van der Waals surface area contributed by atoms with Crippen LogP contribution in [0.15, 0.2) is 23.8 Å². The van der Waals surface area contributed by atoms with Crippen LogP contribution in [0.5, 0.6) is 0 Å². The molecule has 5 atom stereocenters. The second-order valence-corrected chi connectivity index (χ2v) is 7.56. The number of fused-ring (bicyclic) bond motifs is 5. The van der Waals surface area contributed by atoms with Gasteiger partial charge in [-0.15, -0.1) is 0 Å². The van der Waals surface area contributed by atoms with E-state index in [0.29, 0.717) is 23.5 Å². The summed E-state index contributed by atoms with van der Waals surface area (Å²) in [5, 5.41) is 0. The molecule has 1 heteroatoms. The Bertz CT molecular complexity index is 472. The van der Waals surface area contributed by atoms with Crippen molar-refractivity contribution < 1.29 is 4.79 Å². The predicted octanol–water partition coefficient (Wildman–Crippen LogP) is 4.29. The first kappa shape index (κ1) is 11.9. The molecule has 0 heterocycles. The fraction of sp³-hybridized carbons (Fsp3) is 0.722. The van der Waals surface area contributed by atoms with Crippen LogP contribution in [0.2, 0.25) is 0 Å². The third-order valence-electron chi connectivity index (χ3n) is 6.68. The average Bonchev–Trinajstić information content (AvgIpc) is 2.79. The Balaban J connectivity index is 1.67. The number of ketones is 1. The van der Waals surface area contributed by atoms with E-state index in [2.05, 4.69) is 19.1 Å². The highest BCUT2D eigenvalue weighted by molar-refractivity contribution is 5.93. The zero-order chi connectivity index (χ0) is 13.0. The molecule has 4 aliphatic carbocycles. The summed E-state index contributed by atoms with van der Waals surface area (Å²) >= 11 is 0. The first-order valence-corrected chi connectivity index (χ1v) is 8.07. The van der Waals surface area contributed by atoms with E-state index in [4.69, 9.17) is 0 Å². The van der Waals surface area contributed by atoms with Gasteiger partial charge in [-0.1, -0.05) is 31.1 Å². The van der Waals surface area contributed by atoms with Gasteiger partial charge in [0.1, 0.15) is 0 Å². The fourth-order valence-corrected chi connectivity index (χ4v) is 5.72. The molecule has 0 unspecified atom stereocenters. The quantitative estimate of drug-likeness (QED) is 0.591. The smallest absolute Gasteiger partial charge is 0.159 e. The Hall–Kier alpha value is -0.850. The van der Waals surface area contributed by atoms with E-state index in [1.807, 2.05) is 6.08 Å². The minimum absolute atomic E-state index is 0.308. The van der Waals surface area contributed by atoms with Crippen LogP contribution in [-0.2, 0) is 4.79 Å². The number of hydrogen-bond acceptors (Lipinski definition) is 1. The summed E-state index contributed by atoms with van der Waals surface area (Å²) in [5.74, 6) is 3.59. The molecule has 1 nitrogen and oxygen atoms in total. The molecule has 0 N–H and O–H groups in total. The molecule has 0 aromatic heterocycles. The highest BCUT2D eigenvalue weighted by Crippen LogP contribution is 2.60. The zero-order valence-corrected chi connectivity index (χ0v) is 11.9. The molecule has 19 heavy (non-hydrogen) atoms. The van der Waals surface area contributed by atoms with Gasteiger partial charge in [-0.2, -0.15) is 0 Å². The maximum atomic E-state index is 11.6. The van der Waals surface area contributed by atoms with Crippen molar-refractivity contribution >= 4 is 5.78 Å². The van der Waals surface area contributed by atoms with Gasteiger partial charge in [0, 0.05) is 12.3 Å². The van der Waals surface area contributed by atoms with Crippen LogP contribution in [0, 0.1) is 29.1 Å². The summed E-state index contributed by atoms with van der Waals surface area (Å²) in [7, 11) is 0. The third kappa shape index (κ3) is 1.70. The average molecular weight is 256 g/mol. The molecule has 0 aromatic carbocycles. The summed E-state index contributed by atoms with van der Waals surface area (Å²) in [5.41, 5.74) is 2.08. The van der Waals surface area contributed by atoms with Crippen molar-refractivity contribution in [3.63, 3.8) is 0 Å². The molecule has 0 saturated heterocycles. The first-order chi connectivity index (χ1) is 9.17. The van der Waals surface area contributed by atoms with Gasteiger partial charge in [0.25, 0.3) is 0 Å². The molecule has 4 rings (SSSR count). The minimum Gasteiger partial charge on any atom is -0.295 e. The van der Waals surface area contributed by atoms with Crippen molar-refractivity contribution in [3.05, 3.63) is 23.8 Å². The lowest BCUT2D eigenvalue weighted by Crippen LogP contribution is -2.43. The maximum absolute atomic E-state index is 11.6. The van der Waals surface area contributed by atoms with Gasteiger partial charge in [0.15, 0.2) is 5.78 Å². The van der Waals surface area contributed by atoms with Crippen LogP contribution in [-0.4, -0.2) is 5.78 Å². The largest absolute Gasteiger partial charge is 0.295 e. The van der Waals surface area contributed by atoms with Crippen molar-refractivity contribution in [2.24, 2.45) is 29.1 Å². The third-order valence-corrected chi connectivity index (χ3v) is 6.68. The van der Waals surface area contributed by atoms with Crippen LogP contribution in [0.1, 0.15) is 51.9 Å². The van der Waals surface area contributed by atoms with E-state index in [9.17, 15) is 4.79 Å². The predicted molar refractivity (Wildman–Crippen MR) is 76.6 cm³/mol. The van der Waals surface area contributed by atoms with Crippen LogP contribution in [0.3, 0.4) is 0 Å². The molecule has 0 amide bonds. The van der Waals surface area contributed by atoms with Crippen molar-refractivity contribution in [2.45, 2.75) is 51.9 Å². The van der Waals surface area contributed by atoms with E-state index in [1.54, 1.807) is 0 Å². The van der Waals surface area contributed by atoms with Gasteiger partial charge in [0.05, 0.1) is 0 Å². The topological polar surface area (TPSA) is 17.1 Å². The number of hydrogen-bond donors (Lipinski definition) is 0. The van der Waals surface area contributed by atoms with Crippen LogP contribution >= 0.6 is 0 Å². The molecule has 0 aliphatic heterocycles. The molecular weight excluding hydrogens is 232 g/mol. The van der Waals surface area contributed by atoms with Crippen LogP contribution < -0.4 is 0 Å². The van der Waals surface area contributed by atoms with Gasteiger partial charge in [-0.3, -0.25) is 4.79 Å². The van der Waals surface area contributed by atoms with E-state index < -0.39 is 0 Å². The summed E-state index contributed by atoms with van der Waals surface area (Å²) in [6, 6.07) is 0. The summed E-state index contributed by atoms with van der Waals surface area (Å²) < 4.78 is 0. The maximum Gasteiger partial charge on any atom is 0.159 e. The Morgan fingerprint density at radius 2 is 2.11 bits per heavy atom. The number of rotatable bonds is 0. The Morgan fingerprint density at radius 3 is 3.00 bits per heavy atom. The van der Waals surface area contributed by atoms with Crippen molar-refractivity contribution in [3.8, 4) is 0 Å². The van der Waals surface area contributed by atoms with Crippen molar-refractivity contribution in [1.82, 2.24) is 0 Å². The summed E-state index contributed by atoms with van der Waals surface area (Å²) in [4.78, 5) is 11.6. The summed E-state index contributed by atoms with van der Waals surface area (Å²) in [6.45, 7) is 2.54. The normalized spacial score (nSPS) is 48.3. The van der Waals surface area contributed by atoms with Crippen LogP contribution in [0.25, 0.3) is 0 Å². The van der Waals surface area contributed by atoms with Crippen molar-refractivity contribution in [2.75, 3.05) is 0 Å². The highest BCUT2D eigenvalue weighted by Gasteiger charge is 2.51.